The van der Waals surface area contributed by atoms with Crippen molar-refractivity contribution in [3.8, 4) is 0 Å². The highest BCUT2D eigenvalue weighted by molar-refractivity contribution is 6.49. The molecule has 1 unspecified atom stereocenters. The largest absolute Gasteiger partial charge is 0.507 e. The molecule has 31 heavy (non-hydrogen) atoms. The number of likely N-dealkylation sites (tertiary alicyclic amines) is 1. The SMILES string of the molecule is Cn1c2c(c(=O)n(C)c1=O)C1(C(=O)N2)/C(=C(\O)c2ccccc2)C(=O)C(=O)N1CCO. The summed E-state index contributed by atoms with van der Waals surface area (Å²) >= 11 is 0. The minimum Gasteiger partial charge on any atom is -0.507 e. The number of amides is 2. The standard InChI is InChI=1S/C20H18N4O7/c1-22-15-12(16(28)23(2)19(22)31)20(18(30)21-15)11(13(26)10-6-4-3-5-7-10)14(27)17(29)24(20)8-9-25/h3-7,25-26H,8-9H2,1-2H3,(H,21,30)/b13-11-. The Hall–Kier alpha value is -3.99. The molecule has 0 bridgehead atoms. The van der Waals surface area contributed by atoms with E-state index in [2.05, 4.69) is 5.32 Å². The number of benzene rings is 1. The number of nitrogens with one attached hydrogen (secondary N) is 1. The van der Waals surface area contributed by atoms with Crippen molar-refractivity contribution in [1.29, 1.82) is 0 Å². The Morgan fingerprint density at radius 2 is 1.68 bits per heavy atom. The van der Waals surface area contributed by atoms with Crippen LogP contribution in [0.5, 0.6) is 0 Å². The quantitative estimate of drug-likeness (QED) is 0.310. The van der Waals surface area contributed by atoms with E-state index in [0.29, 0.717) is 0 Å². The first-order valence-corrected chi connectivity index (χ1v) is 9.27. The monoisotopic (exact) mass is 426 g/mol. The van der Waals surface area contributed by atoms with Gasteiger partial charge in [0.1, 0.15) is 11.6 Å². The minimum absolute atomic E-state index is 0.145. The smallest absolute Gasteiger partial charge is 0.332 e. The molecule has 1 saturated heterocycles. The van der Waals surface area contributed by atoms with E-state index in [0.717, 1.165) is 14.0 Å². The Bertz CT molecular complexity index is 1310. The fourth-order valence-corrected chi connectivity index (χ4v) is 4.19. The number of ketones is 1. The maximum atomic E-state index is 13.4. The molecule has 2 amide bonds. The van der Waals surface area contributed by atoms with Crippen LogP contribution in [0.3, 0.4) is 0 Å². The Morgan fingerprint density at radius 3 is 2.29 bits per heavy atom. The van der Waals surface area contributed by atoms with Gasteiger partial charge in [-0.2, -0.15) is 0 Å². The zero-order valence-electron chi connectivity index (χ0n) is 16.6. The van der Waals surface area contributed by atoms with Crippen LogP contribution in [0.1, 0.15) is 11.1 Å². The first-order chi connectivity index (χ1) is 14.7. The summed E-state index contributed by atoms with van der Waals surface area (Å²) in [4.78, 5) is 65.5. The van der Waals surface area contributed by atoms with E-state index in [4.69, 9.17) is 0 Å². The van der Waals surface area contributed by atoms with Gasteiger partial charge in [-0.15, -0.1) is 0 Å². The Kier molecular flexibility index (Phi) is 4.43. The van der Waals surface area contributed by atoms with Gasteiger partial charge >= 0.3 is 5.69 Å². The number of carbonyl (C=O) groups is 3. The Labute approximate surface area is 174 Å². The number of aliphatic hydroxyl groups excluding tert-OH is 2. The highest BCUT2D eigenvalue weighted by Gasteiger charge is 2.67. The van der Waals surface area contributed by atoms with Crippen LogP contribution in [0.2, 0.25) is 0 Å². The number of aliphatic hydroxyl groups is 2. The number of Topliss-reactive ketones (excluding diaryl/α,β-unsaturated/α-hetero) is 1. The molecule has 11 heteroatoms. The lowest BCUT2D eigenvalue weighted by molar-refractivity contribution is -0.143. The Morgan fingerprint density at radius 1 is 1.03 bits per heavy atom. The summed E-state index contributed by atoms with van der Waals surface area (Å²) in [5.41, 5.74) is -4.81. The maximum Gasteiger partial charge on any atom is 0.332 e. The Balaban J connectivity index is 2.20. The van der Waals surface area contributed by atoms with Crippen LogP contribution >= 0.6 is 0 Å². The zero-order chi connectivity index (χ0) is 22.7. The highest BCUT2D eigenvalue weighted by atomic mass is 16.3. The normalized spacial score (nSPS) is 21.6. The molecule has 1 aromatic heterocycles. The molecule has 1 spiro atoms. The fraction of sp³-hybridized carbons (Fsp3) is 0.250. The van der Waals surface area contributed by atoms with Gasteiger partial charge in [0.2, 0.25) is 0 Å². The van der Waals surface area contributed by atoms with Crippen LogP contribution in [0, 0.1) is 0 Å². The molecule has 0 radical (unpaired) electrons. The van der Waals surface area contributed by atoms with Gasteiger partial charge in [0, 0.05) is 26.2 Å². The van der Waals surface area contributed by atoms with Crippen molar-refractivity contribution in [3.05, 3.63) is 67.9 Å². The average molecular weight is 426 g/mol. The predicted molar refractivity (Wildman–Crippen MR) is 107 cm³/mol. The highest BCUT2D eigenvalue weighted by Crippen LogP contribution is 2.49. The molecule has 4 rings (SSSR count). The van der Waals surface area contributed by atoms with E-state index in [1.165, 1.54) is 26.2 Å². The molecule has 160 valence electrons. The van der Waals surface area contributed by atoms with E-state index in [9.17, 15) is 34.2 Å². The van der Waals surface area contributed by atoms with Gasteiger partial charge in [-0.05, 0) is 0 Å². The summed E-state index contributed by atoms with van der Waals surface area (Å²) in [5, 5.41) is 22.9. The van der Waals surface area contributed by atoms with Crippen molar-refractivity contribution in [3.63, 3.8) is 0 Å². The number of fused-ring (bicyclic) bond motifs is 2. The number of hydrogen-bond acceptors (Lipinski definition) is 7. The summed E-state index contributed by atoms with van der Waals surface area (Å²) in [6.07, 6.45) is 0. The predicted octanol–water partition coefficient (Wildman–Crippen LogP) is -1.40. The van der Waals surface area contributed by atoms with Gasteiger partial charge in [-0.1, -0.05) is 30.3 Å². The van der Waals surface area contributed by atoms with Gasteiger partial charge in [0.05, 0.1) is 17.7 Å². The lowest BCUT2D eigenvalue weighted by Crippen LogP contribution is -2.53. The first kappa shape index (κ1) is 20.3. The van der Waals surface area contributed by atoms with Crippen LogP contribution in [0.15, 0.2) is 45.5 Å². The summed E-state index contributed by atoms with van der Waals surface area (Å²) in [5.74, 6) is -4.16. The van der Waals surface area contributed by atoms with Crippen LogP contribution in [0.25, 0.3) is 5.76 Å². The van der Waals surface area contributed by atoms with Crippen LogP contribution in [-0.2, 0) is 34.0 Å². The first-order valence-electron chi connectivity index (χ1n) is 9.27. The van der Waals surface area contributed by atoms with E-state index in [1.807, 2.05) is 0 Å². The third-order valence-electron chi connectivity index (χ3n) is 5.63. The topological polar surface area (TPSA) is 151 Å². The molecular formula is C20H18N4O7. The van der Waals surface area contributed by atoms with Crippen molar-refractivity contribution in [1.82, 2.24) is 14.0 Å². The molecule has 3 heterocycles. The van der Waals surface area contributed by atoms with E-state index >= 15 is 0 Å². The number of β-amino-alcohol motifs (C(OH)–C–C–N with tert-alkyl or cyclic N) is 1. The lowest BCUT2D eigenvalue weighted by atomic mass is 9.82. The molecule has 1 fully saturated rings. The maximum absolute atomic E-state index is 13.4. The van der Waals surface area contributed by atoms with Gasteiger partial charge in [0.15, 0.2) is 5.54 Å². The molecule has 1 aromatic carbocycles. The van der Waals surface area contributed by atoms with Crippen LogP contribution in [-0.4, -0.2) is 55.0 Å². The zero-order valence-corrected chi connectivity index (χ0v) is 16.6. The molecule has 2 aromatic rings. The summed E-state index contributed by atoms with van der Waals surface area (Å²) in [6, 6.07) is 7.76. The molecule has 1 atom stereocenters. The lowest BCUT2D eigenvalue weighted by Gasteiger charge is -2.32. The van der Waals surface area contributed by atoms with E-state index < -0.39 is 58.9 Å². The van der Waals surface area contributed by atoms with Crippen molar-refractivity contribution < 1.29 is 24.6 Å². The summed E-state index contributed by atoms with van der Waals surface area (Å²) in [6.45, 7) is -1.08. The second-order valence-corrected chi connectivity index (χ2v) is 7.19. The number of nitrogens with zero attached hydrogens (tertiary/aromatic N) is 3. The number of aromatic nitrogens is 2. The second-order valence-electron chi connectivity index (χ2n) is 7.19. The van der Waals surface area contributed by atoms with Gasteiger partial charge in [0.25, 0.3) is 23.2 Å². The fourth-order valence-electron chi connectivity index (χ4n) is 4.19. The van der Waals surface area contributed by atoms with Crippen LogP contribution in [0.4, 0.5) is 5.82 Å². The van der Waals surface area contributed by atoms with Crippen molar-refractivity contribution >= 4 is 29.2 Å². The molecule has 0 saturated carbocycles. The molecule has 2 aliphatic rings. The van der Waals surface area contributed by atoms with Crippen molar-refractivity contribution in [2.24, 2.45) is 14.1 Å². The molecule has 0 aliphatic carbocycles. The van der Waals surface area contributed by atoms with Crippen LogP contribution < -0.4 is 16.6 Å². The third-order valence-corrected chi connectivity index (χ3v) is 5.63. The molecule has 3 N–H and O–H groups in total. The minimum atomic E-state index is -2.34. The number of anilines is 1. The van der Waals surface area contributed by atoms with Gasteiger partial charge < -0.3 is 20.4 Å². The van der Waals surface area contributed by atoms with Gasteiger partial charge in [-0.3, -0.25) is 28.3 Å². The summed E-state index contributed by atoms with van der Waals surface area (Å²) < 4.78 is 1.74. The van der Waals surface area contributed by atoms with E-state index in [-0.39, 0.29) is 16.9 Å². The van der Waals surface area contributed by atoms with Crippen molar-refractivity contribution in [2.45, 2.75) is 5.54 Å². The summed E-state index contributed by atoms with van der Waals surface area (Å²) in [7, 11) is 2.51. The van der Waals surface area contributed by atoms with E-state index in [1.54, 1.807) is 18.2 Å². The number of rotatable bonds is 3. The molecule has 2 aliphatic heterocycles. The molecular weight excluding hydrogens is 408 g/mol. The third kappa shape index (κ3) is 2.40. The number of carbonyl (C=O) groups excluding carboxylic acids is 3. The average Bonchev–Trinajstić information content (AvgIpc) is 3.18. The van der Waals surface area contributed by atoms with Crippen molar-refractivity contribution in [2.75, 3.05) is 18.5 Å². The molecule has 11 nitrogen and oxygen atoms in total. The second kappa shape index (κ2) is 6.77. The van der Waals surface area contributed by atoms with Gasteiger partial charge in [-0.25, -0.2) is 4.79 Å². The number of hydrogen-bond donors (Lipinski definition) is 3.